The van der Waals surface area contributed by atoms with Crippen LogP contribution in [0.1, 0.15) is 17.7 Å². The second kappa shape index (κ2) is 3.59. The standard InChI is InChI=1S/C7H5F3IN/c1-3-2-4(6(8)9)5(11)7(10)12-3/h2,6H,1H3. The number of nitrogens with zero attached hydrogens (tertiary/aromatic N) is 1. The average Bonchev–Trinajstić information content (AvgIpc) is 1.96. The largest absolute Gasteiger partial charge is 0.265 e. The van der Waals surface area contributed by atoms with Crippen LogP contribution in [0.25, 0.3) is 0 Å². The molecule has 12 heavy (non-hydrogen) atoms. The number of aryl methyl sites for hydroxylation is 1. The van der Waals surface area contributed by atoms with Gasteiger partial charge in [0.15, 0.2) is 0 Å². The zero-order valence-electron chi connectivity index (χ0n) is 6.11. The number of hydrogen-bond acceptors (Lipinski definition) is 1. The third-order valence-electron chi connectivity index (χ3n) is 1.31. The molecule has 1 aromatic rings. The van der Waals surface area contributed by atoms with Crippen LogP contribution in [-0.4, -0.2) is 4.98 Å². The van der Waals surface area contributed by atoms with Crippen LogP contribution in [0.15, 0.2) is 6.07 Å². The molecule has 0 saturated heterocycles. The van der Waals surface area contributed by atoms with E-state index in [0.717, 1.165) is 0 Å². The SMILES string of the molecule is Cc1cc(C(F)F)c(I)c(F)n1. The molecule has 0 bridgehead atoms. The molecule has 5 heteroatoms. The molecular weight excluding hydrogens is 282 g/mol. The normalized spacial score (nSPS) is 10.8. The summed E-state index contributed by atoms with van der Waals surface area (Å²) in [5.74, 6) is -0.828. The number of halogens is 4. The highest BCUT2D eigenvalue weighted by molar-refractivity contribution is 14.1. The van der Waals surface area contributed by atoms with E-state index >= 15 is 0 Å². The van der Waals surface area contributed by atoms with Gasteiger partial charge in [-0.25, -0.2) is 13.8 Å². The lowest BCUT2D eigenvalue weighted by Crippen LogP contribution is -1.98. The third-order valence-corrected chi connectivity index (χ3v) is 2.38. The number of alkyl halides is 2. The molecule has 0 radical (unpaired) electrons. The predicted octanol–water partition coefficient (Wildman–Crippen LogP) is 3.07. The highest BCUT2D eigenvalue weighted by atomic mass is 127. The summed E-state index contributed by atoms with van der Waals surface area (Å²) in [5.41, 5.74) is -0.0242. The van der Waals surface area contributed by atoms with Crippen LogP contribution < -0.4 is 0 Å². The van der Waals surface area contributed by atoms with Gasteiger partial charge in [0.25, 0.3) is 6.43 Å². The monoisotopic (exact) mass is 287 g/mol. The maximum atomic E-state index is 12.7. The molecule has 0 aliphatic heterocycles. The van der Waals surface area contributed by atoms with Crippen molar-refractivity contribution in [1.82, 2.24) is 4.98 Å². The van der Waals surface area contributed by atoms with Gasteiger partial charge in [-0.05, 0) is 35.6 Å². The van der Waals surface area contributed by atoms with Crippen LogP contribution in [0.4, 0.5) is 13.2 Å². The Morgan fingerprint density at radius 3 is 2.58 bits per heavy atom. The van der Waals surface area contributed by atoms with E-state index in [1.165, 1.54) is 35.6 Å². The molecular formula is C7H5F3IN. The lowest BCUT2D eigenvalue weighted by Gasteiger charge is -2.04. The highest BCUT2D eigenvalue weighted by Crippen LogP contribution is 2.25. The van der Waals surface area contributed by atoms with Gasteiger partial charge in [-0.1, -0.05) is 0 Å². The maximum Gasteiger partial charge on any atom is 0.265 e. The van der Waals surface area contributed by atoms with Gasteiger partial charge in [0, 0.05) is 11.3 Å². The summed E-state index contributed by atoms with van der Waals surface area (Å²) in [6.45, 7) is 1.48. The molecule has 1 rings (SSSR count). The fourth-order valence-corrected chi connectivity index (χ4v) is 1.31. The van der Waals surface area contributed by atoms with Gasteiger partial charge in [-0.2, -0.15) is 4.39 Å². The Balaban J connectivity index is 3.28. The molecule has 1 aromatic heterocycles. The van der Waals surface area contributed by atoms with Crippen molar-refractivity contribution >= 4 is 22.6 Å². The average molecular weight is 287 g/mol. The van der Waals surface area contributed by atoms with Gasteiger partial charge in [0.2, 0.25) is 5.95 Å². The molecule has 0 aliphatic carbocycles. The van der Waals surface area contributed by atoms with Crippen molar-refractivity contribution in [2.45, 2.75) is 13.3 Å². The van der Waals surface area contributed by atoms with Crippen LogP contribution in [0, 0.1) is 16.4 Å². The minimum atomic E-state index is -2.65. The number of rotatable bonds is 1. The minimum absolute atomic E-state index is 0.104. The Labute approximate surface area is 81.1 Å². The van der Waals surface area contributed by atoms with Gasteiger partial charge < -0.3 is 0 Å². The first-order valence-electron chi connectivity index (χ1n) is 3.13. The second-order valence-corrected chi connectivity index (χ2v) is 3.34. The summed E-state index contributed by atoms with van der Waals surface area (Å²) >= 11 is 1.52. The van der Waals surface area contributed by atoms with Crippen molar-refractivity contribution in [3.63, 3.8) is 0 Å². The molecule has 0 unspecified atom stereocenters. The lowest BCUT2D eigenvalue weighted by atomic mass is 10.2. The van der Waals surface area contributed by atoms with E-state index in [9.17, 15) is 13.2 Å². The Hall–Kier alpha value is -0.330. The fraction of sp³-hybridized carbons (Fsp3) is 0.286. The molecule has 0 N–H and O–H groups in total. The first kappa shape index (κ1) is 9.76. The van der Waals surface area contributed by atoms with E-state index in [4.69, 9.17) is 0 Å². The van der Waals surface area contributed by atoms with Crippen molar-refractivity contribution < 1.29 is 13.2 Å². The molecule has 1 heterocycles. The molecule has 0 atom stereocenters. The van der Waals surface area contributed by atoms with Crippen molar-refractivity contribution in [1.29, 1.82) is 0 Å². The summed E-state index contributed by atoms with van der Waals surface area (Å²) in [6, 6.07) is 1.19. The molecule has 0 fully saturated rings. The van der Waals surface area contributed by atoms with Gasteiger partial charge in [0.05, 0.1) is 3.57 Å². The zero-order chi connectivity index (χ0) is 9.30. The van der Waals surface area contributed by atoms with Gasteiger partial charge in [0.1, 0.15) is 0 Å². The number of aromatic nitrogens is 1. The van der Waals surface area contributed by atoms with E-state index in [0.29, 0.717) is 0 Å². The zero-order valence-corrected chi connectivity index (χ0v) is 8.27. The summed E-state index contributed by atoms with van der Waals surface area (Å²) in [4.78, 5) is 3.41. The van der Waals surface area contributed by atoms with E-state index in [1.807, 2.05) is 0 Å². The Morgan fingerprint density at radius 2 is 2.08 bits per heavy atom. The van der Waals surface area contributed by atoms with Crippen LogP contribution in [0.3, 0.4) is 0 Å². The summed E-state index contributed by atoms with van der Waals surface area (Å²) < 4.78 is 37.0. The van der Waals surface area contributed by atoms with Crippen LogP contribution >= 0.6 is 22.6 Å². The van der Waals surface area contributed by atoms with Crippen LogP contribution in [-0.2, 0) is 0 Å². The Bertz CT molecular complexity index is 301. The lowest BCUT2D eigenvalue weighted by molar-refractivity contribution is 0.149. The fourth-order valence-electron chi connectivity index (χ4n) is 0.802. The molecule has 66 valence electrons. The van der Waals surface area contributed by atoms with Crippen molar-refractivity contribution in [2.75, 3.05) is 0 Å². The quantitative estimate of drug-likeness (QED) is 0.571. The molecule has 0 spiro atoms. The van der Waals surface area contributed by atoms with Crippen LogP contribution in [0.2, 0.25) is 0 Å². The summed E-state index contributed by atoms with van der Waals surface area (Å²) in [5, 5.41) is 0. The summed E-state index contributed by atoms with van der Waals surface area (Å²) in [6.07, 6.45) is -2.65. The van der Waals surface area contributed by atoms with Crippen molar-refractivity contribution in [3.05, 3.63) is 26.8 Å². The smallest absolute Gasteiger partial charge is 0.224 e. The van der Waals surface area contributed by atoms with Gasteiger partial charge in [-0.3, -0.25) is 0 Å². The number of hydrogen-bond donors (Lipinski definition) is 0. The molecule has 0 aliphatic rings. The molecule has 0 amide bonds. The van der Waals surface area contributed by atoms with Gasteiger partial charge >= 0.3 is 0 Å². The van der Waals surface area contributed by atoms with Crippen molar-refractivity contribution in [2.24, 2.45) is 0 Å². The first-order valence-corrected chi connectivity index (χ1v) is 4.21. The minimum Gasteiger partial charge on any atom is -0.224 e. The second-order valence-electron chi connectivity index (χ2n) is 2.26. The van der Waals surface area contributed by atoms with E-state index in [-0.39, 0.29) is 14.8 Å². The first-order chi connectivity index (χ1) is 5.52. The predicted molar refractivity (Wildman–Crippen MR) is 46.6 cm³/mol. The maximum absolute atomic E-state index is 12.7. The molecule has 0 aromatic carbocycles. The van der Waals surface area contributed by atoms with Crippen LogP contribution in [0.5, 0.6) is 0 Å². The van der Waals surface area contributed by atoms with E-state index < -0.39 is 12.4 Å². The third kappa shape index (κ3) is 1.88. The Kier molecular flexibility index (Phi) is 2.92. The Morgan fingerprint density at radius 1 is 1.50 bits per heavy atom. The highest BCUT2D eigenvalue weighted by Gasteiger charge is 2.16. The topological polar surface area (TPSA) is 12.9 Å². The van der Waals surface area contributed by atoms with Gasteiger partial charge in [-0.15, -0.1) is 0 Å². The van der Waals surface area contributed by atoms with E-state index in [1.54, 1.807) is 0 Å². The van der Waals surface area contributed by atoms with Crippen molar-refractivity contribution in [3.8, 4) is 0 Å². The molecule has 1 nitrogen and oxygen atoms in total. The summed E-state index contributed by atoms with van der Waals surface area (Å²) in [7, 11) is 0. The number of pyridine rings is 1. The van der Waals surface area contributed by atoms with E-state index in [2.05, 4.69) is 4.98 Å². The molecule has 0 saturated carbocycles.